The maximum Gasteiger partial charge on any atom is 0.436 e. The highest BCUT2D eigenvalue weighted by molar-refractivity contribution is 6.30. The van der Waals surface area contributed by atoms with Crippen LogP contribution in [0.4, 0.5) is 36.6 Å². The summed E-state index contributed by atoms with van der Waals surface area (Å²) in [5.74, 6) is -0.404. The lowest BCUT2D eigenvalue weighted by molar-refractivity contribution is -0.310. The van der Waals surface area contributed by atoms with Gasteiger partial charge in [0.15, 0.2) is 22.9 Å². The van der Waals surface area contributed by atoms with Crippen molar-refractivity contribution in [3.63, 3.8) is 0 Å². The molecular formula is C26H22ClF7N6O. The molecule has 15 heteroatoms. The van der Waals surface area contributed by atoms with Crippen LogP contribution in [0.15, 0.2) is 30.3 Å². The van der Waals surface area contributed by atoms with E-state index in [1.165, 1.54) is 11.0 Å². The zero-order valence-corrected chi connectivity index (χ0v) is 22.0. The van der Waals surface area contributed by atoms with Crippen molar-refractivity contribution in [1.82, 2.24) is 24.6 Å². The van der Waals surface area contributed by atoms with Crippen molar-refractivity contribution in [2.75, 3.05) is 31.2 Å². The summed E-state index contributed by atoms with van der Waals surface area (Å²) in [5.41, 5.74) is -2.57. The molecule has 3 aromatic rings. The van der Waals surface area contributed by atoms with Crippen molar-refractivity contribution in [3.8, 4) is 5.69 Å². The molecule has 4 aliphatic rings. The minimum atomic E-state index is -4.89. The number of benzene rings is 1. The molecule has 0 radical (unpaired) electrons. The van der Waals surface area contributed by atoms with E-state index in [0.717, 1.165) is 6.07 Å². The van der Waals surface area contributed by atoms with E-state index in [-0.39, 0.29) is 30.2 Å². The molecule has 1 spiro atoms. The number of halogens is 8. The average molecular weight is 603 g/mol. The van der Waals surface area contributed by atoms with Gasteiger partial charge in [-0.2, -0.15) is 26.3 Å². The van der Waals surface area contributed by atoms with Gasteiger partial charge in [0.1, 0.15) is 11.6 Å². The third-order valence-corrected chi connectivity index (χ3v) is 8.98. The van der Waals surface area contributed by atoms with E-state index in [9.17, 15) is 30.7 Å². The van der Waals surface area contributed by atoms with E-state index < -0.39 is 42.6 Å². The molecule has 7 nitrogen and oxygen atoms in total. The Kier molecular flexibility index (Phi) is 5.75. The van der Waals surface area contributed by atoms with Crippen molar-refractivity contribution < 1.29 is 35.5 Å². The number of hydrogen-bond acceptors (Lipinski definition) is 6. The second-order valence-corrected chi connectivity index (χ2v) is 11.9. The molecule has 0 atom stereocenters. The Labute approximate surface area is 233 Å². The number of fused-ring (bicyclic) bond motifs is 3. The SMILES string of the molecule is Fc1ccc(N2CC3(CC(c4nnc5n4-c4ccc(Cl)cc4CN(C4(C(F)(F)F)COC4)C5)C3)C2)nc1C(F)(F)F. The molecule has 1 aromatic carbocycles. The van der Waals surface area contributed by atoms with Crippen LogP contribution in [-0.4, -0.2) is 62.7 Å². The molecule has 0 N–H and O–H groups in total. The van der Waals surface area contributed by atoms with Crippen molar-refractivity contribution in [1.29, 1.82) is 0 Å². The lowest BCUT2D eigenvalue weighted by atomic mass is 9.57. The van der Waals surface area contributed by atoms with E-state index in [1.54, 1.807) is 23.1 Å². The predicted molar refractivity (Wildman–Crippen MR) is 131 cm³/mol. The molecule has 2 saturated heterocycles. The second kappa shape index (κ2) is 8.77. The Morgan fingerprint density at radius 1 is 0.951 bits per heavy atom. The molecule has 5 heterocycles. The van der Waals surface area contributed by atoms with Crippen LogP contribution in [0.1, 0.15) is 41.7 Å². The van der Waals surface area contributed by atoms with Crippen LogP contribution >= 0.6 is 11.6 Å². The van der Waals surface area contributed by atoms with Crippen molar-refractivity contribution in [3.05, 3.63) is 64.1 Å². The number of hydrogen-bond donors (Lipinski definition) is 0. The first-order valence-electron chi connectivity index (χ1n) is 12.9. The largest absolute Gasteiger partial charge is 0.436 e. The summed E-state index contributed by atoms with van der Waals surface area (Å²) in [6.45, 7) is -0.130. The van der Waals surface area contributed by atoms with Gasteiger partial charge in [-0.1, -0.05) is 11.6 Å². The monoisotopic (exact) mass is 602 g/mol. The normalized spacial score (nSPS) is 21.9. The standard InChI is InChI=1S/C26H22ClF7N6O/c27-16-1-3-18-14(5-16)8-39(24(12-41-13-24)26(32,33)34)9-20-36-37-22(40(18)20)15-6-23(7-15)10-38(11-23)19-4-2-17(28)21(35-19)25(29,30)31/h1-5,15H,6-13H2. The lowest BCUT2D eigenvalue weighted by Crippen LogP contribution is -2.69. The Morgan fingerprint density at radius 2 is 1.68 bits per heavy atom. The van der Waals surface area contributed by atoms with Gasteiger partial charge >= 0.3 is 12.4 Å². The molecule has 1 saturated carbocycles. The second-order valence-electron chi connectivity index (χ2n) is 11.4. The van der Waals surface area contributed by atoms with Crippen LogP contribution in [0, 0.1) is 11.2 Å². The van der Waals surface area contributed by atoms with Crippen LogP contribution in [-0.2, 0) is 24.0 Å². The fraction of sp³-hybridized carbons (Fsp3) is 0.500. The Balaban J connectivity index is 1.14. The van der Waals surface area contributed by atoms with Crippen molar-refractivity contribution >= 4 is 17.4 Å². The van der Waals surface area contributed by atoms with Crippen molar-refractivity contribution in [2.45, 2.75) is 49.7 Å². The highest BCUT2D eigenvalue weighted by atomic mass is 35.5. The van der Waals surface area contributed by atoms with Crippen LogP contribution in [0.5, 0.6) is 0 Å². The predicted octanol–water partition coefficient (Wildman–Crippen LogP) is 5.50. The van der Waals surface area contributed by atoms with Gasteiger partial charge in [-0.25, -0.2) is 9.37 Å². The topological polar surface area (TPSA) is 59.3 Å². The van der Waals surface area contributed by atoms with Gasteiger partial charge in [-0.05, 0) is 48.7 Å². The third-order valence-electron chi connectivity index (χ3n) is 8.75. The number of alkyl halides is 6. The first-order valence-corrected chi connectivity index (χ1v) is 13.3. The lowest BCUT2D eigenvalue weighted by Gasteiger charge is -2.59. The Bertz CT molecular complexity index is 1520. The molecule has 3 fully saturated rings. The summed E-state index contributed by atoms with van der Waals surface area (Å²) in [6.07, 6.45) is -8.07. The Hall–Kier alpha value is -2.97. The minimum Gasteiger partial charge on any atom is -0.377 e. The van der Waals surface area contributed by atoms with Crippen LogP contribution < -0.4 is 4.90 Å². The Morgan fingerprint density at radius 3 is 2.32 bits per heavy atom. The number of aromatic nitrogens is 4. The maximum atomic E-state index is 14.2. The van der Waals surface area contributed by atoms with Gasteiger partial charge < -0.3 is 9.64 Å². The number of rotatable bonds is 3. The molecule has 1 aliphatic carbocycles. The van der Waals surface area contributed by atoms with Gasteiger partial charge in [0.2, 0.25) is 0 Å². The first kappa shape index (κ1) is 26.9. The molecule has 0 bridgehead atoms. The van der Waals surface area contributed by atoms with Gasteiger partial charge in [-0.3, -0.25) is 9.47 Å². The van der Waals surface area contributed by atoms with Gasteiger partial charge in [0.25, 0.3) is 0 Å². The smallest absolute Gasteiger partial charge is 0.377 e. The van der Waals surface area contributed by atoms with Crippen molar-refractivity contribution in [2.24, 2.45) is 5.41 Å². The molecule has 0 amide bonds. The summed E-state index contributed by atoms with van der Waals surface area (Å²) >= 11 is 6.24. The molecule has 7 rings (SSSR count). The number of nitrogens with zero attached hydrogens (tertiary/aromatic N) is 6. The number of anilines is 1. The van der Waals surface area contributed by atoms with E-state index in [1.807, 2.05) is 4.57 Å². The fourth-order valence-corrected chi connectivity index (χ4v) is 6.77. The molecular weight excluding hydrogens is 581 g/mol. The zero-order chi connectivity index (χ0) is 28.9. The van der Waals surface area contributed by atoms with Crippen LogP contribution in [0.25, 0.3) is 5.69 Å². The van der Waals surface area contributed by atoms with E-state index in [2.05, 4.69) is 15.2 Å². The van der Waals surface area contributed by atoms with Crippen LogP contribution in [0.3, 0.4) is 0 Å². The summed E-state index contributed by atoms with van der Waals surface area (Å²) in [5, 5.41) is 9.11. The highest BCUT2D eigenvalue weighted by Gasteiger charge is 2.64. The van der Waals surface area contributed by atoms with Gasteiger partial charge in [-0.15, -0.1) is 10.2 Å². The zero-order valence-electron chi connectivity index (χ0n) is 21.2. The molecule has 41 heavy (non-hydrogen) atoms. The maximum absolute atomic E-state index is 14.2. The molecule has 3 aliphatic heterocycles. The average Bonchev–Trinajstić information content (AvgIpc) is 3.11. The summed E-state index contributed by atoms with van der Waals surface area (Å²) < 4.78 is 102. The summed E-state index contributed by atoms with van der Waals surface area (Å²) in [7, 11) is 0. The molecule has 2 aromatic heterocycles. The van der Waals surface area contributed by atoms with E-state index >= 15 is 0 Å². The first-order chi connectivity index (χ1) is 19.3. The van der Waals surface area contributed by atoms with E-state index in [4.69, 9.17) is 16.3 Å². The fourth-order valence-electron chi connectivity index (χ4n) is 6.57. The quantitative estimate of drug-likeness (QED) is 0.369. The van der Waals surface area contributed by atoms with E-state index in [0.29, 0.717) is 53.9 Å². The van der Waals surface area contributed by atoms with Gasteiger partial charge in [0.05, 0.1) is 25.4 Å². The van der Waals surface area contributed by atoms with Crippen LogP contribution in [0.2, 0.25) is 5.02 Å². The number of ether oxygens (including phenoxy) is 1. The molecule has 218 valence electrons. The highest BCUT2D eigenvalue weighted by Crippen LogP contribution is 2.57. The van der Waals surface area contributed by atoms with Gasteiger partial charge in [0, 0.05) is 36.0 Å². The molecule has 0 unspecified atom stereocenters. The minimum absolute atomic E-state index is 0.00425. The number of pyridine rings is 1. The summed E-state index contributed by atoms with van der Waals surface area (Å²) in [4.78, 5) is 6.53. The summed E-state index contributed by atoms with van der Waals surface area (Å²) in [6, 6.07) is 7.10. The third kappa shape index (κ3) is 4.12.